The van der Waals surface area contributed by atoms with Crippen LogP contribution in [0.15, 0.2) is 40.1 Å². The molecule has 1 unspecified atom stereocenters. The molecule has 1 fully saturated rings. The number of hydrogen-bond donors (Lipinski definition) is 0. The minimum Gasteiger partial charge on any atom is -0.483 e. The predicted molar refractivity (Wildman–Crippen MR) is 105 cm³/mol. The minimum atomic E-state index is -0.347. The van der Waals surface area contributed by atoms with Crippen LogP contribution in [-0.2, 0) is 4.79 Å². The lowest BCUT2D eigenvalue weighted by Crippen LogP contribution is -2.33. The molecule has 7 heteroatoms. The van der Waals surface area contributed by atoms with Crippen LogP contribution in [0.1, 0.15) is 29.2 Å². The molecule has 0 N–H and O–H groups in total. The number of carbonyl (C=O) groups excluding carboxylic acids is 1. The van der Waals surface area contributed by atoms with Gasteiger partial charge in [0.05, 0.1) is 17.8 Å². The number of amides is 1. The van der Waals surface area contributed by atoms with Gasteiger partial charge < -0.3 is 18.6 Å². The number of carbonyl (C=O) groups is 1. The Balaban J connectivity index is 1.52. The van der Waals surface area contributed by atoms with Crippen LogP contribution in [0.25, 0.3) is 11.0 Å². The number of rotatable bonds is 4. The summed E-state index contributed by atoms with van der Waals surface area (Å²) in [5, 5.41) is 0.744. The van der Waals surface area contributed by atoms with Crippen LogP contribution in [0, 0.1) is 20.8 Å². The fourth-order valence-electron chi connectivity index (χ4n) is 3.73. The highest BCUT2D eigenvalue weighted by Gasteiger charge is 2.27. The van der Waals surface area contributed by atoms with Crippen molar-refractivity contribution in [1.29, 1.82) is 0 Å². The molecular formula is C21H23N3O4. The van der Waals surface area contributed by atoms with Crippen molar-refractivity contribution < 1.29 is 13.9 Å². The number of fused-ring (bicyclic) bond motifs is 1. The van der Waals surface area contributed by atoms with E-state index in [0.29, 0.717) is 30.0 Å². The van der Waals surface area contributed by atoms with Crippen molar-refractivity contribution in [2.24, 2.45) is 0 Å². The maximum Gasteiger partial charge on any atom is 0.339 e. The molecule has 146 valence electrons. The molecule has 1 atom stereocenters. The third kappa shape index (κ3) is 3.28. The summed E-state index contributed by atoms with van der Waals surface area (Å²) in [4.78, 5) is 30.5. The second-order valence-corrected chi connectivity index (χ2v) is 7.36. The lowest BCUT2D eigenvalue weighted by atomic mass is 10.0. The monoisotopic (exact) mass is 381 g/mol. The van der Waals surface area contributed by atoms with Gasteiger partial charge in [0.15, 0.2) is 6.61 Å². The number of benzene rings is 1. The van der Waals surface area contributed by atoms with Crippen molar-refractivity contribution in [2.75, 3.05) is 19.7 Å². The first-order chi connectivity index (χ1) is 13.4. The Morgan fingerprint density at radius 2 is 2.11 bits per heavy atom. The third-order valence-electron chi connectivity index (χ3n) is 5.47. The Morgan fingerprint density at radius 1 is 1.29 bits per heavy atom. The maximum atomic E-state index is 12.7. The second-order valence-electron chi connectivity index (χ2n) is 7.36. The zero-order chi connectivity index (χ0) is 19.8. The Bertz CT molecular complexity index is 1090. The number of ether oxygens (including phenoxy) is 1. The summed E-state index contributed by atoms with van der Waals surface area (Å²) in [6.07, 6.45) is 6.36. The number of aryl methyl sites for hydroxylation is 2. The highest BCUT2D eigenvalue weighted by molar-refractivity contribution is 5.88. The average molecular weight is 381 g/mol. The highest BCUT2D eigenvalue weighted by atomic mass is 16.5. The minimum absolute atomic E-state index is 0.0488. The molecule has 0 saturated carbocycles. The highest BCUT2D eigenvalue weighted by Crippen LogP contribution is 2.31. The molecular weight excluding hydrogens is 358 g/mol. The Morgan fingerprint density at radius 3 is 2.86 bits per heavy atom. The number of likely N-dealkylation sites (tertiary alicyclic amines) is 1. The molecule has 3 aromatic rings. The first-order valence-corrected chi connectivity index (χ1v) is 9.36. The van der Waals surface area contributed by atoms with Gasteiger partial charge in [-0.2, -0.15) is 0 Å². The first-order valence-electron chi connectivity index (χ1n) is 9.36. The lowest BCUT2D eigenvalue weighted by molar-refractivity contribution is -0.132. The zero-order valence-corrected chi connectivity index (χ0v) is 16.3. The van der Waals surface area contributed by atoms with Crippen LogP contribution in [0.2, 0.25) is 0 Å². The molecule has 7 nitrogen and oxygen atoms in total. The van der Waals surface area contributed by atoms with Crippen LogP contribution < -0.4 is 10.4 Å². The van der Waals surface area contributed by atoms with Crippen molar-refractivity contribution in [1.82, 2.24) is 14.5 Å². The van der Waals surface area contributed by atoms with Gasteiger partial charge in [0.25, 0.3) is 5.91 Å². The van der Waals surface area contributed by atoms with Crippen molar-refractivity contribution >= 4 is 16.9 Å². The molecule has 1 saturated heterocycles. The van der Waals surface area contributed by atoms with E-state index in [-0.39, 0.29) is 24.2 Å². The largest absolute Gasteiger partial charge is 0.483 e. The summed E-state index contributed by atoms with van der Waals surface area (Å²) in [7, 11) is 0. The molecule has 28 heavy (non-hydrogen) atoms. The van der Waals surface area contributed by atoms with E-state index in [1.54, 1.807) is 19.4 Å². The summed E-state index contributed by atoms with van der Waals surface area (Å²) in [5.74, 6) is 0.516. The normalized spacial score (nSPS) is 16.7. The molecule has 0 spiro atoms. The first kappa shape index (κ1) is 18.3. The predicted octanol–water partition coefficient (Wildman–Crippen LogP) is 2.77. The van der Waals surface area contributed by atoms with Crippen LogP contribution in [-0.4, -0.2) is 40.1 Å². The van der Waals surface area contributed by atoms with E-state index in [9.17, 15) is 9.59 Å². The molecule has 1 aliphatic heterocycles. The topological polar surface area (TPSA) is 77.6 Å². The van der Waals surface area contributed by atoms with Crippen molar-refractivity contribution in [3.63, 3.8) is 0 Å². The molecule has 1 aliphatic rings. The number of nitrogens with zero attached hydrogens (tertiary/aromatic N) is 3. The second kappa shape index (κ2) is 7.14. The number of imidazole rings is 1. The van der Waals surface area contributed by atoms with E-state index in [1.807, 2.05) is 41.6 Å². The van der Waals surface area contributed by atoms with Crippen molar-refractivity contribution in [3.05, 3.63) is 58.0 Å². The fraction of sp³-hybridized carbons (Fsp3) is 0.381. The molecule has 1 aromatic carbocycles. The van der Waals surface area contributed by atoms with Gasteiger partial charge in [-0.3, -0.25) is 4.79 Å². The average Bonchev–Trinajstić information content (AvgIpc) is 3.34. The van der Waals surface area contributed by atoms with E-state index in [0.717, 1.165) is 22.9 Å². The van der Waals surface area contributed by atoms with Gasteiger partial charge >= 0.3 is 5.63 Å². The van der Waals surface area contributed by atoms with Crippen LogP contribution in [0.4, 0.5) is 0 Å². The maximum absolute atomic E-state index is 12.7. The van der Waals surface area contributed by atoms with Crippen molar-refractivity contribution in [3.8, 4) is 5.75 Å². The SMILES string of the molecule is Cc1cc(OCC(=O)N2CCC(n3ccnc3)C2)c2c(C)c(C)c(=O)oc2c1. The van der Waals surface area contributed by atoms with E-state index >= 15 is 0 Å². The molecule has 0 bridgehead atoms. The molecule has 4 rings (SSSR count). The Labute approximate surface area is 162 Å². The smallest absolute Gasteiger partial charge is 0.339 e. The van der Waals surface area contributed by atoms with Gasteiger partial charge in [-0.05, 0) is 50.5 Å². The molecule has 3 heterocycles. The quantitative estimate of drug-likeness (QED) is 0.650. The number of hydrogen-bond acceptors (Lipinski definition) is 5. The summed E-state index contributed by atoms with van der Waals surface area (Å²) >= 11 is 0. The molecule has 0 radical (unpaired) electrons. The lowest BCUT2D eigenvalue weighted by Gasteiger charge is -2.18. The molecule has 2 aromatic heterocycles. The van der Waals surface area contributed by atoms with Gasteiger partial charge in [-0.15, -0.1) is 0 Å². The van der Waals surface area contributed by atoms with E-state index in [4.69, 9.17) is 9.15 Å². The summed E-state index contributed by atoms with van der Waals surface area (Å²) in [6, 6.07) is 3.94. The zero-order valence-electron chi connectivity index (χ0n) is 16.3. The van der Waals surface area contributed by atoms with Crippen molar-refractivity contribution in [2.45, 2.75) is 33.2 Å². The number of aromatic nitrogens is 2. The van der Waals surface area contributed by atoms with E-state index < -0.39 is 0 Å². The van der Waals surface area contributed by atoms with Gasteiger partial charge in [0.1, 0.15) is 11.3 Å². The van der Waals surface area contributed by atoms with Gasteiger partial charge in [0.2, 0.25) is 0 Å². The third-order valence-corrected chi connectivity index (χ3v) is 5.47. The van der Waals surface area contributed by atoms with Gasteiger partial charge in [-0.1, -0.05) is 0 Å². The van der Waals surface area contributed by atoms with Gasteiger partial charge in [0, 0.05) is 31.0 Å². The van der Waals surface area contributed by atoms with Crippen LogP contribution in [0.3, 0.4) is 0 Å². The van der Waals surface area contributed by atoms with E-state index in [2.05, 4.69) is 4.98 Å². The summed E-state index contributed by atoms with van der Waals surface area (Å²) in [6.45, 7) is 6.81. The summed E-state index contributed by atoms with van der Waals surface area (Å²) in [5.41, 5.74) is 2.41. The standard InChI is InChI=1S/C21H23N3O4/c1-13-8-17(20-14(2)15(3)21(26)28-18(20)9-13)27-11-19(25)23-6-4-16(10-23)24-7-5-22-12-24/h5,7-9,12,16H,4,6,10-11H2,1-3H3. The van der Waals surface area contributed by atoms with Gasteiger partial charge in [-0.25, -0.2) is 9.78 Å². The van der Waals surface area contributed by atoms with Crippen LogP contribution in [0.5, 0.6) is 5.75 Å². The Kier molecular flexibility index (Phi) is 4.66. The van der Waals surface area contributed by atoms with Crippen LogP contribution >= 0.6 is 0 Å². The molecule has 0 aliphatic carbocycles. The fourth-order valence-corrected chi connectivity index (χ4v) is 3.73. The summed E-state index contributed by atoms with van der Waals surface area (Å²) < 4.78 is 13.4. The Hall–Kier alpha value is -3.09. The van der Waals surface area contributed by atoms with E-state index in [1.165, 1.54) is 0 Å². The molecule has 1 amide bonds.